The number of aliphatic hydroxyl groups excluding tert-OH is 1. The van der Waals surface area contributed by atoms with Crippen molar-refractivity contribution in [2.75, 3.05) is 18.9 Å². The molecule has 2 aromatic rings. The first-order valence-electron chi connectivity index (χ1n) is 6.93. The number of carbonyl (C=O) groups excluding carboxylic acids is 1. The maximum absolute atomic E-state index is 12.0. The third-order valence-electron chi connectivity index (χ3n) is 3.58. The van der Waals surface area contributed by atoms with E-state index < -0.39 is 0 Å². The number of aromatic nitrogens is 2. The van der Waals surface area contributed by atoms with Gasteiger partial charge in [-0.25, -0.2) is 4.98 Å². The number of benzene rings is 1. The van der Waals surface area contributed by atoms with Crippen molar-refractivity contribution >= 4 is 29.3 Å². The van der Waals surface area contributed by atoms with Crippen LogP contribution in [-0.4, -0.2) is 44.4 Å². The zero-order chi connectivity index (χ0) is 15.7. The van der Waals surface area contributed by atoms with Crippen LogP contribution in [0.4, 0.5) is 0 Å². The fourth-order valence-corrected chi connectivity index (χ4v) is 4.13. The highest BCUT2D eigenvalue weighted by atomic mass is 35.5. The van der Waals surface area contributed by atoms with Crippen LogP contribution < -0.4 is 0 Å². The Kier molecular flexibility index (Phi) is 4.42. The second-order valence-electron chi connectivity index (χ2n) is 5.10. The lowest BCUT2D eigenvalue weighted by molar-refractivity contribution is -0.128. The summed E-state index contributed by atoms with van der Waals surface area (Å²) in [6, 6.07) is 8.01. The van der Waals surface area contributed by atoms with E-state index in [1.54, 1.807) is 11.2 Å². The predicted octanol–water partition coefficient (Wildman–Crippen LogP) is 2.40. The molecule has 0 radical (unpaired) electrons. The van der Waals surface area contributed by atoms with Gasteiger partial charge in [-0.05, 0) is 24.6 Å². The van der Waals surface area contributed by atoms with Crippen LogP contribution in [0.5, 0.6) is 0 Å². The highest BCUT2D eigenvalue weighted by molar-refractivity contribution is 8.00. The quantitative estimate of drug-likeness (QED) is 0.930. The second-order valence-corrected chi connectivity index (χ2v) is 6.53. The van der Waals surface area contributed by atoms with Crippen LogP contribution in [-0.2, 0) is 4.79 Å². The molecule has 5 nitrogen and oxygen atoms in total. The number of imidazole rings is 1. The smallest absolute Gasteiger partial charge is 0.233 e. The molecule has 0 unspecified atom stereocenters. The summed E-state index contributed by atoms with van der Waals surface area (Å²) in [4.78, 5) is 17.9. The Morgan fingerprint density at radius 2 is 2.32 bits per heavy atom. The van der Waals surface area contributed by atoms with Crippen LogP contribution in [0.15, 0.2) is 30.6 Å². The van der Waals surface area contributed by atoms with Gasteiger partial charge in [-0.15, -0.1) is 11.8 Å². The van der Waals surface area contributed by atoms with Crippen molar-refractivity contribution in [2.24, 2.45) is 0 Å². The van der Waals surface area contributed by atoms with Crippen LogP contribution >= 0.6 is 23.4 Å². The molecular weight excluding hydrogens is 322 g/mol. The minimum atomic E-state index is -0.227. The number of aliphatic hydroxyl groups is 1. The van der Waals surface area contributed by atoms with Gasteiger partial charge in [0.1, 0.15) is 11.7 Å². The van der Waals surface area contributed by atoms with Crippen LogP contribution in [0.2, 0.25) is 5.15 Å². The number of amides is 1. The molecule has 1 atom stereocenters. The van der Waals surface area contributed by atoms with Crippen molar-refractivity contribution in [1.82, 2.24) is 14.5 Å². The molecule has 0 aliphatic carbocycles. The van der Waals surface area contributed by atoms with Gasteiger partial charge in [0.05, 0.1) is 18.1 Å². The summed E-state index contributed by atoms with van der Waals surface area (Å²) in [7, 11) is 0. The van der Waals surface area contributed by atoms with Gasteiger partial charge in [0.15, 0.2) is 5.15 Å². The monoisotopic (exact) mass is 337 g/mol. The van der Waals surface area contributed by atoms with Crippen molar-refractivity contribution < 1.29 is 9.90 Å². The highest BCUT2D eigenvalue weighted by Gasteiger charge is 2.36. The third kappa shape index (κ3) is 2.74. The molecule has 1 N–H and O–H groups in total. The summed E-state index contributed by atoms with van der Waals surface area (Å²) >= 11 is 7.79. The van der Waals surface area contributed by atoms with Crippen LogP contribution in [0, 0.1) is 6.92 Å². The first-order valence-corrected chi connectivity index (χ1v) is 8.36. The van der Waals surface area contributed by atoms with Crippen molar-refractivity contribution in [1.29, 1.82) is 0 Å². The van der Waals surface area contributed by atoms with Crippen LogP contribution in [0.1, 0.15) is 16.6 Å². The van der Waals surface area contributed by atoms with Gasteiger partial charge in [0, 0.05) is 12.2 Å². The number of hydrogen-bond acceptors (Lipinski definition) is 4. The fraction of sp³-hybridized carbons (Fsp3) is 0.333. The van der Waals surface area contributed by atoms with E-state index in [9.17, 15) is 9.90 Å². The fourth-order valence-electron chi connectivity index (χ4n) is 2.57. The second kappa shape index (κ2) is 6.32. The number of halogens is 1. The molecule has 3 rings (SSSR count). The molecule has 1 amide bonds. The van der Waals surface area contributed by atoms with E-state index in [-0.39, 0.29) is 17.9 Å². The molecule has 7 heteroatoms. The average molecular weight is 338 g/mol. The molecule has 0 spiro atoms. The number of thioether (sulfide) groups is 1. The maximum Gasteiger partial charge on any atom is 0.233 e. The lowest BCUT2D eigenvalue weighted by Gasteiger charge is -2.24. The summed E-state index contributed by atoms with van der Waals surface area (Å²) in [6.45, 7) is 2.25. The van der Waals surface area contributed by atoms with Crippen molar-refractivity contribution in [2.45, 2.75) is 12.3 Å². The van der Waals surface area contributed by atoms with E-state index in [4.69, 9.17) is 11.6 Å². The molecule has 1 aliphatic heterocycles. The van der Waals surface area contributed by atoms with Crippen molar-refractivity contribution in [3.63, 3.8) is 0 Å². The SMILES string of the molecule is Cc1cccc(-n2cnc(Cl)c2[C@@H]2SCC(=O)N2CCO)c1. The lowest BCUT2D eigenvalue weighted by Crippen LogP contribution is -2.31. The Hall–Kier alpha value is -1.50. The molecule has 1 fully saturated rings. The Bertz CT molecular complexity index is 704. The van der Waals surface area contributed by atoms with E-state index >= 15 is 0 Å². The zero-order valence-electron chi connectivity index (χ0n) is 12.1. The van der Waals surface area contributed by atoms with Crippen LogP contribution in [0.25, 0.3) is 5.69 Å². The van der Waals surface area contributed by atoms with Gasteiger partial charge < -0.3 is 10.0 Å². The molecule has 1 aromatic heterocycles. The zero-order valence-corrected chi connectivity index (χ0v) is 13.6. The lowest BCUT2D eigenvalue weighted by atomic mass is 10.2. The number of carbonyl (C=O) groups is 1. The van der Waals surface area contributed by atoms with Crippen molar-refractivity contribution in [3.8, 4) is 5.69 Å². The highest BCUT2D eigenvalue weighted by Crippen LogP contribution is 2.41. The van der Waals surface area contributed by atoms with E-state index in [1.807, 2.05) is 35.8 Å². The van der Waals surface area contributed by atoms with E-state index in [0.29, 0.717) is 17.5 Å². The van der Waals surface area contributed by atoms with E-state index in [2.05, 4.69) is 4.98 Å². The summed E-state index contributed by atoms with van der Waals surface area (Å²) in [5.41, 5.74) is 2.87. The first-order chi connectivity index (χ1) is 10.6. The van der Waals surface area contributed by atoms with Crippen LogP contribution in [0.3, 0.4) is 0 Å². The molecule has 1 aromatic carbocycles. The largest absolute Gasteiger partial charge is 0.395 e. The molecule has 2 heterocycles. The Balaban J connectivity index is 2.04. The Morgan fingerprint density at radius 3 is 3.05 bits per heavy atom. The average Bonchev–Trinajstić information content (AvgIpc) is 3.03. The standard InChI is InChI=1S/C15H16ClN3O2S/c1-10-3-2-4-11(7-10)19-9-17-14(16)13(19)15-18(5-6-20)12(21)8-22-15/h2-4,7,9,15,20H,5-6,8H2,1H3/t15-/m0/s1. The maximum atomic E-state index is 12.0. The summed E-state index contributed by atoms with van der Waals surface area (Å²) < 4.78 is 1.91. The number of β-amino-alcohol motifs (C(OH)–C–C–N with tert-alkyl or cyclic N) is 1. The topological polar surface area (TPSA) is 58.4 Å². The summed E-state index contributed by atoms with van der Waals surface area (Å²) in [5, 5.41) is 9.35. The molecule has 116 valence electrons. The predicted molar refractivity (Wildman–Crippen MR) is 87.3 cm³/mol. The molecule has 1 saturated heterocycles. The van der Waals surface area contributed by atoms with Gasteiger partial charge in [-0.1, -0.05) is 23.7 Å². The molecule has 0 saturated carbocycles. The van der Waals surface area contributed by atoms with Gasteiger partial charge in [-0.2, -0.15) is 0 Å². The number of rotatable bonds is 4. The molecule has 1 aliphatic rings. The van der Waals surface area contributed by atoms with Gasteiger partial charge in [0.2, 0.25) is 5.91 Å². The Morgan fingerprint density at radius 1 is 1.50 bits per heavy atom. The molecule has 22 heavy (non-hydrogen) atoms. The minimum absolute atomic E-state index is 0.0112. The normalized spacial score (nSPS) is 18.2. The number of aryl methyl sites for hydroxylation is 1. The summed E-state index contributed by atoms with van der Waals surface area (Å²) in [5.74, 6) is 0.400. The summed E-state index contributed by atoms with van der Waals surface area (Å²) in [6.07, 6.45) is 1.67. The van der Waals surface area contributed by atoms with Crippen molar-refractivity contribution in [3.05, 3.63) is 47.0 Å². The molecular formula is C15H16ClN3O2S. The van der Waals surface area contributed by atoms with E-state index in [0.717, 1.165) is 16.9 Å². The number of nitrogens with zero attached hydrogens (tertiary/aromatic N) is 3. The number of hydrogen-bond donors (Lipinski definition) is 1. The van der Waals surface area contributed by atoms with Gasteiger partial charge in [-0.3, -0.25) is 9.36 Å². The molecule has 0 bridgehead atoms. The first kappa shape index (κ1) is 15.4. The van der Waals surface area contributed by atoms with Gasteiger partial charge in [0.25, 0.3) is 0 Å². The minimum Gasteiger partial charge on any atom is -0.395 e. The van der Waals surface area contributed by atoms with E-state index in [1.165, 1.54) is 11.8 Å². The Labute approximate surface area is 137 Å². The third-order valence-corrected chi connectivity index (χ3v) is 5.08. The van der Waals surface area contributed by atoms with Gasteiger partial charge >= 0.3 is 0 Å².